The van der Waals surface area contributed by atoms with Crippen LogP contribution < -0.4 is 5.32 Å². The maximum absolute atomic E-state index is 14.1. The number of ether oxygens (including phenoxy) is 1. The number of halogens is 1. The molecule has 0 aromatic heterocycles. The van der Waals surface area contributed by atoms with Crippen molar-refractivity contribution in [3.05, 3.63) is 0 Å². The third-order valence-corrected chi connectivity index (χ3v) is 3.83. The number of nitrogens with one attached hydrogen (secondary N) is 1. The highest BCUT2D eigenvalue weighted by Crippen LogP contribution is 2.21. The Kier molecular flexibility index (Phi) is 4.77. The summed E-state index contributed by atoms with van der Waals surface area (Å²) in [6.45, 7) is 7.46. The molecular formula is C13H25FN2O. The number of hydrogen-bond acceptors (Lipinski definition) is 3. The van der Waals surface area contributed by atoms with Gasteiger partial charge in [0.15, 0.2) is 0 Å². The Balaban J connectivity index is 1.81. The second kappa shape index (κ2) is 6.12. The molecule has 4 heteroatoms. The van der Waals surface area contributed by atoms with Crippen molar-refractivity contribution in [1.29, 1.82) is 0 Å². The van der Waals surface area contributed by atoms with Gasteiger partial charge in [-0.25, -0.2) is 4.39 Å². The topological polar surface area (TPSA) is 24.5 Å². The largest absolute Gasteiger partial charge is 0.381 e. The van der Waals surface area contributed by atoms with Crippen molar-refractivity contribution in [2.45, 2.75) is 57.4 Å². The van der Waals surface area contributed by atoms with Crippen LogP contribution in [-0.2, 0) is 4.74 Å². The second-order valence-corrected chi connectivity index (χ2v) is 5.57. The van der Waals surface area contributed by atoms with Crippen LogP contribution >= 0.6 is 0 Å². The Bertz CT molecular complexity index is 231. The molecule has 2 atom stereocenters. The summed E-state index contributed by atoms with van der Waals surface area (Å²) in [6.07, 6.45) is 2.33. The molecule has 2 fully saturated rings. The minimum absolute atomic E-state index is 0.0473. The first-order chi connectivity index (χ1) is 8.16. The first-order valence-corrected chi connectivity index (χ1v) is 6.88. The van der Waals surface area contributed by atoms with Crippen LogP contribution in [0.4, 0.5) is 4.39 Å². The molecule has 2 heterocycles. The van der Waals surface area contributed by atoms with Crippen molar-refractivity contribution in [3.8, 4) is 0 Å². The van der Waals surface area contributed by atoms with E-state index in [1.54, 1.807) is 0 Å². The zero-order chi connectivity index (χ0) is 12.3. The Morgan fingerprint density at radius 2 is 1.94 bits per heavy atom. The molecule has 17 heavy (non-hydrogen) atoms. The zero-order valence-electron chi connectivity index (χ0n) is 11.0. The summed E-state index contributed by atoms with van der Waals surface area (Å²) in [5.74, 6) is 0. The van der Waals surface area contributed by atoms with Gasteiger partial charge in [-0.15, -0.1) is 0 Å². The van der Waals surface area contributed by atoms with Crippen LogP contribution in [0, 0.1) is 0 Å². The minimum Gasteiger partial charge on any atom is -0.381 e. The quantitative estimate of drug-likeness (QED) is 0.815. The number of piperidine rings is 1. The van der Waals surface area contributed by atoms with Gasteiger partial charge < -0.3 is 10.1 Å². The van der Waals surface area contributed by atoms with E-state index in [2.05, 4.69) is 24.1 Å². The van der Waals surface area contributed by atoms with Gasteiger partial charge in [-0.1, -0.05) is 13.8 Å². The molecule has 0 aliphatic carbocycles. The lowest BCUT2D eigenvalue weighted by molar-refractivity contribution is 0.00406. The fourth-order valence-corrected chi connectivity index (χ4v) is 2.93. The number of rotatable bonds is 3. The monoisotopic (exact) mass is 244 g/mol. The number of alkyl halides is 1. The lowest BCUT2D eigenvalue weighted by Gasteiger charge is -2.41. The van der Waals surface area contributed by atoms with Crippen molar-refractivity contribution >= 4 is 0 Å². The predicted octanol–water partition coefficient (Wildman–Crippen LogP) is 1.58. The van der Waals surface area contributed by atoms with Crippen molar-refractivity contribution in [1.82, 2.24) is 10.2 Å². The molecule has 0 spiro atoms. The highest BCUT2D eigenvalue weighted by atomic mass is 19.1. The van der Waals surface area contributed by atoms with Crippen LogP contribution in [0.5, 0.6) is 0 Å². The Morgan fingerprint density at radius 3 is 2.53 bits per heavy atom. The summed E-state index contributed by atoms with van der Waals surface area (Å²) in [7, 11) is 0. The number of hydrogen-bond donors (Lipinski definition) is 1. The van der Waals surface area contributed by atoms with Gasteiger partial charge in [0.1, 0.15) is 6.17 Å². The lowest BCUT2D eigenvalue weighted by atomic mass is 9.98. The van der Waals surface area contributed by atoms with Crippen molar-refractivity contribution in [3.63, 3.8) is 0 Å². The molecule has 1 N–H and O–H groups in total. The molecule has 2 rings (SSSR count). The third-order valence-electron chi connectivity index (χ3n) is 3.83. The Hall–Kier alpha value is -0.190. The summed E-state index contributed by atoms with van der Waals surface area (Å²) in [6, 6.07) is 0.959. The minimum atomic E-state index is -0.728. The molecule has 0 aromatic rings. The summed E-state index contributed by atoms with van der Waals surface area (Å²) >= 11 is 0. The fraction of sp³-hybridized carbons (Fsp3) is 1.00. The standard InChI is InChI=1S/C13H25FN2O/c1-10(2)15-13-3-6-16(9-12(13)14)11-4-7-17-8-5-11/h10-13,15H,3-9H2,1-2H3. The molecule has 2 aliphatic rings. The van der Waals surface area contributed by atoms with E-state index in [-0.39, 0.29) is 6.04 Å². The third kappa shape index (κ3) is 3.63. The summed E-state index contributed by atoms with van der Waals surface area (Å²) in [5.41, 5.74) is 0. The van der Waals surface area contributed by atoms with Crippen LogP contribution in [0.25, 0.3) is 0 Å². The van der Waals surface area contributed by atoms with Gasteiger partial charge in [0.25, 0.3) is 0 Å². The van der Waals surface area contributed by atoms with E-state index in [1.807, 2.05) is 0 Å². The summed E-state index contributed by atoms with van der Waals surface area (Å²) in [5, 5.41) is 3.33. The fourth-order valence-electron chi connectivity index (χ4n) is 2.93. The maximum Gasteiger partial charge on any atom is 0.128 e. The van der Waals surface area contributed by atoms with Crippen LogP contribution in [0.15, 0.2) is 0 Å². The van der Waals surface area contributed by atoms with Crippen molar-refractivity contribution < 1.29 is 9.13 Å². The van der Waals surface area contributed by atoms with E-state index >= 15 is 0 Å². The zero-order valence-corrected chi connectivity index (χ0v) is 11.0. The van der Waals surface area contributed by atoms with Gasteiger partial charge in [-0.2, -0.15) is 0 Å². The van der Waals surface area contributed by atoms with Gasteiger partial charge in [-0.05, 0) is 19.3 Å². The lowest BCUT2D eigenvalue weighted by Crippen LogP contribution is -2.55. The molecule has 2 aliphatic heterocycles. The smallest absolute Gasteiger partial charge is 0.128 e. The van der Waals surface area contributed by atoms with E-state index in [1.165, 1.54) is 0 Å². The van der Waals surface area contributed by atoms with Crippen LogP contribution in [0.1, 0.15) is 33.1 Å². The van der Waals surface area contributed by atoms with E-state index in [0.29, 0.717) is 18.6 Å². The molecule has 0 radical (unpaired) electrons. The highest BCUT2D eigenvalue weighted by Gasteiger charge is 2.33. The van der Waals surface area contributed by atoms with E-state index in [4.69, 9.17) is 4.74 Å². The highest BCUT2D eigenvalue weighted by molar-refractivity contribution is 4.89. The van der Waals surface area contributed by atoms with Crippen LogP contribution in [0.2, 0.25) is 0 Å². The Morgan fingerprint density at radius 1 is 1.24 bits per heavy atom. The first kappa shape index (κ1) is 13.2. The molecule has 100 valence electrons. The molecule has 0 aromatic carbocycles. The molecule has 2 saturated heterocycles. The van der Waals surface area contributed by atoms with Gasteiger partial charge >= 0.3 is 0 Å². The Labute approximate surface area is 104 Å². The predicted molar refractivity (Wildman–Crippen MR) is 67.0 cm³/mol. The van der Waals surface area contributed by atoms with Gasteiger partial charge in [-0.3, -0.25) is 4.90 Å². The van der Waals surface area contributed by atoms with Crippen LogP contribution in [-0.4, -0.2) is 55.5 Å². The van der Waals surface area contributed by atoms with E-state index < -0.39 is 6.17 Å². The first-order valence-electron chi connectivity index (χ1n) is 6.88. The van der Waals surface area contributed by atoms with E-state index in [0.717, 1.165) is 39.0 Å². The van der Waals surface area contributed by atoms with Gasteiger partial charge in [0.05, 0.1) is 0 Å². The van der Waals surface area contributed by atoms with Gasteiger partial charge in [0.2, 0.25) is 0 Å². The van der Waals surface area contributed by atoms with Crippen molar-refractivity contribution in [2.75, 3.05) is 26.3 Å². The average Bonchev–Trinajstić information content (AvgIpc) is 2.32. The average molecular weight is 244 g/mol. The molecule has 0 bridgehead atoms. The number of nitrogens with zero attached hydrogens (tertiary/aromatic N) is 1. The molecule has 0 amide bonds. The summed E-state index contributed by atoms with van der Waals surface area (Å²) in [4.78, 5) is 2.33. The molecular weight excluding hydrogens is 219 g/mol. The van der Waals surface area contributed by atoms with Crippen molar-refractivity contribution in [2.24, 2.45) is 0 Å². The normalized spacial score (nSPS) is 33.2. The van der Waals surface area contributed by atoms with E-state index in [9.17, 15) is 4.39 Å². The number of likely N-dealkylation sites (tertiary alicyclic amines) is 1. The van der Waals surface area contributed by atoms with Crippen LogP contribution in [0.3, 0.4) is 0 Å². The maximum atomic E-state index is 14.1. The van der Waals surface area contributed by atoms with Gasteiger partial charge in [0, 0.05) is 44.4 Å². The molecule has 2 unspecified atom stereocenters. The SMILES string of the molecule is CC(C)NC1CCN(C2CCOCC2)CC1F. The molecule has 0 saturated carbocycles. The second-order valence-electron chi connectivity index (χ2n) is 5.57. The summed E-state index contributed by atoms with van der Waals surface area (Å²) < 4.78 is 19.4. The molecule has 3 nitrogen and oxygen atoms in total.